The average Bonchev–Trinajstić information content (AvgIpc) is 2.39. The van der Waals surface area contributed by atoms with Crippen LogP contribution in [0, 0.1) is 3.57 Å². The van der Waals surface area contributed by atoms with Gasteiger partial charge < -0.3 is 9.47 Å². The van der Waals surface area contributed by atoms with Gasteiger partial charge in [-0.05, 0) is 54.0 Å². The molecule has 1 aromatic rings. The Labute approximate surface area is 127 Å². The zero-order valence-electron chi connectivity index (χ0n) is 10.9. The van der Waals surface area contributed by atoms with Crippen molar-refractivity contribution in [2.45, 2.75) is 38.9 Å². The van der Waals surface area contributed by atoms with E-state index in [-0.39, 0.29) is 12.1 Å². The number of ether oxygens (including phenoxy) is 2. The summed E-state index contributed by atoms with van der Waals surface area (Å²) in [6.45, 7) is 1.95. The minimum absolute atomic E-state index is 0.215. The summed E-state index contributed by atoms with van der Waals surface area (Å²) in [6.07, 6.45) is 4.68. The summed E-state index contributed by atoms with van der Waals surface area (Å²) in [4.78, 5) is 11.1. The normalized spacial score (nSPS) is 18.6. The molecule has 1 unspecified atom stereocenters. The fourth-order valence-corrected chi connectivity index (χ4v) is 2.61. The Morgan fingerprint density at radius 1 is 1.42 bits per heavy atom. The lowest BCUT2D eigenvalue weighted by molar-refractivity contribution is -0.147. The highest BCUT2D eigenvalue weighted by atomic mass is 127. The number of carbonyl (C=O) groups is 1. The maximum atomic E-state index is 11.1. The highest BCUT2D eigenvalue weighted by molar-refractivity contribution is 14.1. The lowest BCUT2D eigenvalue weighted by Crippen LogP contribution is -2.23. The first-order valence-corrected chi connectivity index (χ1v) is 7.48. The number of halogens is 1. The number of benzene rings is 1. The van der Waals surface area contributed by atoms with Gasteiger partial charge in [0.1, 0.15) is 12.4 Å². The molecule has 102 valence electrons. The third-order valence-electron chi connectivity index (χ3n) is 2.99. The minimum atomic E-state index is -0.254. The zero-order chi connectivity index (χ0) is 13.7. The maximum absolute atomic E-state index is 11.1. The molecule has 0 aliphatic heterocycles. The first-order chi connectivity index (χ1) is 9.16. The van der Waals surface area contributed by atoms with Gasteiger partial charge in [0.05, 0.1) is 0 Å². The molecule has 1 aromatic carbocycles. The second-order valence-electron chi connectivity index (χ2n) is 4.52. The van der Waals surface area contributed by atoms with E-state index in [9.17, 15) is 4.79 Å². The number of hydrogen-bond donors (Lipinski definition) is 0. The molecule has 0 bridgehead atoms. The van der Waals surface area contributed by atoms with Gasteiger partial charge in [-0.3, -0.25) is 4.79 Å². The number of rotatable bonds is 4. The van der Waals surface area contributed by atoms with Crippen LogP contribution < -0.4 is 0 Å². The lowest BCUT2D eigenvalue weighted by atomic mass is 10.0. The van der Waals surface area contributed by atoms with Gasteiger partial charge in [0, 0.05) is 16.1 Å². The van der Waals surface area contributed by atoms with Gasteiger partial charge in [0.2, 0.25) is 0 Å². The van der Waals surface area contributed by atoms with Crippen molar-refractivity contribution in [3.63, 3.8) is 0 Å². The Balaban J connectivity index is 1.99. The first kappa shape index (κ1) is 14.4. The van der Waals surface area contributed by atoms with Gasteiger partial charge in [0.15, 0.2) is 6.10 Å². The first-order valence-electron chi connectivity index (χ1n) is 6.40. The second kappa shape index (κ2) is 6.93. The highest BCUT2D eigenvalue weighted by Crippen LogP contribution is 2.24. The van der Waals surface area contributed by atoms with Crippen LogP contribution in [0.1, 0.15) is 31.7 Å². The number of esters is 1. The Morgan fingerprint density at radius 3 is 2.95 bits per heavy atom. The van der Waals surface area contributed by atoms with E-state index in [0.29, 0.717) is 6.61 Å². The molecule has 1 atom stereocenters. The van der Waals surface area contributed by atoms with Crippen molar-refractivity contribution in [3.05, 3.63) is 45.2 Å². The van der Waals surface area contributed by atoms with Crippen LogP contribution in [0.2, 0.25) is 0 Å². The third-order valence-corrected chi connectivity index (χ3v) is 4.05. The molecule has 0 heterocycles. The van der Waals surface area contributed by atoms with Crippen molar-refractivity contribution < 1.29 is 14.3 Å². The van der Waals surface area contributed by atoms with Crippen LogP contribution in [0.3, 0.4) is 0 Å². The minimum Gasteiger partial charge on any atom is -0.490 e. The summed E-state index contributed by atoms with van der Waals surface area (Å²) < 4.78 is 12.3. The monoisotopic (exact) mass is 372 g/mol. The predicted molar refractivity (Wildman–Crippen MR) is 81.4 cm³/mol. The summed E-state index contributed by atoms with van der Waals surface area (Å²) in [6, 6.07) is 8.11. The van der Waals surface area contributed by atoms with Gasteiger partial charge in [0.25, 0.3) is 0 Å². The van der Waals surface area contributed by atoms with Crippen LogP contribution in [-0.2, 0) is 20.9 Å². The third kappa shape index (κ3) is 4.23. The van der Waals surface area contributed by atoms with Crippen molar-refractivity contribution in [1.82, 2.24) is 0 Å². The molecule has 0 aromatic heterocycles. The largest absolute Gasteiger partial charge is 0.490 e. The van der Waals surface area contributed by atoms with E-state index in [1.807, 2.05) is 24.3 Å². The molecule has 2 rings (SSSR count). The molecule has 0 saturated heterocycles. The fraction of sp³-hybridized carbons (Fsp3) is 0.400. The van der Waals surface area contributed by atoms with E-state index >= 15 is 0 Å². The van der Waals surface area contributed by atoms with Gasteiger partial charge in [-0.1, -0.05) is 18.2 Å². The predicted octanol–water partition coefficient (Wildman–Crippen LogP) is 3.81. The Hall–Kier alpha value is -1.04. The Kier molecular flexibility index (Phi) is 5.24. The van der Waals surface area contributed by atoms with Crippen molar-refractivity contribution in [2.24, 2.45) is 0 Å². The summed E-state index contributed by atoms with van der Waals surface area (Å²) in [5, 5.41) is 0. The summed E-state index contributed by atoms with van der Waals surface area (Å²) in [5.41, 5.74) is 1.15. The molecule has 4 heteroatoms. The summed E-state index contributed by atoms with van der Waals surface area (Å²) in [7, 11) is 0. The van der Waals surface area contributed by atoms with Crippen molar-refractivity contribution in [2.75, 3.05) is 0 Å². The standard InChI is InChI=1S/C15H17IO3/c1-11(17)19-15-9-5-4-8-14(15)18-10-12-6-2-3-7-13(12)16/h2-3,6-8,15H,4-5,9-10H2,1H3. The average molecular weight is 372 g/mol. The van der Waals surface area contributed by atoms with Crippen LogP contribution >= 0.6 is 22.6 Å². The van der Waals surface area contributed by atoms with Crippen LogP contribution in [0.15, 0.2) is 36.1 Å². The molecule has 0 amide bonds. The Bertz CT molecular complexity index is 482. The zero-order valence-corrected chi connectivity index (χ0v) is 13.1. The number of carbonyl (C=O) groups excluding carboxylic acids is 1. The van der Waals surface area contributed by atoms with E-state index < -0.39 is 0 Å². The van der Waals surface area contributed by atoms with Crippen molar-refractivity contribution in [3.8, 4) is 0 Å². The topological polar surface area (TPSA) is 35.5 Å². The second-order valence-corrected chi connectivity index (χ2v) is 5.68. The van der Waals surface area contributed by atoms with E-state index in [1.54, 1.807) is 0 Å². The van der Waals surface area contributed by atoms with Gasteiger partial charge in [-0.25, -0.2) is 0 Å². The van der Waals surface area contributed by atoms with Crippen molar-refractivity contribution >= 4 is 28.6 Å². The van der Waals surface area contributed by atoms with Gasteiger partial charge in [-0.15, -0.1) is 0 Å². The summed E-state index contributed by atoms with van der Waals surface area (Å²) in [5.74, 6) is 0.539. The number of allylic oxidation sites excluding steroid dienone is 1. The van der Waals surface area contributed by atoms with Crippen molar-refractivity contribution in [1.29, 1.82) is 0 Å². The molecule has 1 aliphatic carbocycles. The molecule has 0 spiro atoms. The quantitative estimate of drug-likeness (QED) is 0.596. The fourth-order valence-electron chi connectivity index (χ4n) is 2.07. The van der Waals surface area contributed by atoms with Gasteiger partial charge >= 0.3 is 5.97 Å². The number of hydrogen-bond acceptors (Lipinski definition) is 3. The lowest BCUT2D eigenvalue weighted by Gasteiger charge is -2.24. The highest BCUT2D eigenvalue weighted by Gasteiger charge is 2.22. The van der Waals surface area contributed by atoms with Crippen LogP contribution in [-0.4, -0.2) is 12.1 Å². The molecule has 0 fully saturated rings. The van der Waals surface area contributed by atoms with E-state index in [1.165, 1.54) is 10.5 Å². The molecule has 1 aliphatic rings. The molecule has 3 nitrogen and oxygen atoms in total. The maximum Gasteiger partial charge on any atom is 0.303 e. The smallest absolute Gasteiger partial charge is 0.303 e. The molecule has 0 saturated carbocycles. The molecular formula is C15H17IO3. The van der Waals surface area contributed by atoms with Crippen LogP contribution in [0.5, 0.6) is 0 Å². The Morgan fingerprint density at radius 2 is 2.21 bits per heavy atom. The SMILES string of the molecule is CC(=O)OC1CCCC=C1OCc1ccccc1I. The van der Waals surface area contributed by atoms with E-state index in [4.69, 9.17) is 9.47 Å². The van der Waals surface area contributed by atoms with E-state index in [0.717, 1.165) is 30.6 Å². The molecular weight excluding hydrogens is 355 g/mol. The van der Waals surface area contributed by atoms with Gasteiger partial charge in [-0.2, -0.15) is 0 Å². The molecule has 0 N–H and O–H groups in total. The molecule has 0 radical (unpaired) electrons. The van der Waals surface area contributed by atoms with E-state index in [2.05, 4.69) is 28.7 Å². The van der Waals surface area contributed by atoms with Crippen LogP contribution in [0.25, 0.3) is 0 Å². The summed E-state index contributed by atoms with van der Waals surface area (Å²) >= 11 is 2.29. The molecule has 19 heavy (non-hydrogen) atoms. The van der Waals surface area contributed by atoms with Crippen LogP contribution in [0.4, 0.5) is 0 Å².